The van der Waals surface area contributed by atoms with Gasteiger partial charge in [0, 0.05) is 20.7 Å². The number of tetrazole rings is 1. The van der Waals surface area contributed by atoms with Crippen molar-refractivity contribution in [3.8, 4) is 0 Å². The maximum Gasteiger partial charge on any atom is 0.413 e. The molecule has 1 amide bonds. The summed E-state index contributed by atoms with van der Waals surface area (Å²) >= 11 is 6.39. The predicted octanol–water partition coefficient (Wildman–Crippen LogP) is 4.45. The highest BCUT2D eigenvalue weighted by Crippen LogP contribution is 2.62. The lowest BCUT2D eigenvalue weighted by atomic mass is 9.91. The van der Waals surface area contributed by atoms with E-state index in [4.69, 9.17) is 44.3 Å². The van der Waals surface area contributed by atoms with E-state index in [9.17, 15) is 19.6 Å². The van der Waals surface area contributed by atoms with Crippen molar-refractivity contribution in [2.75, 3.05) is 37.9 Å². The first-order chi connectivity index (χ1) is 26.0. The van der Waals surface area contributed by atoms with Crippen LogP contribution in [-0.2, 0) is 50.4 Å². The monoisotopic (exact) mass is 831 g/mol. The highest BCUT2D eigenvalue weighted by molar-refractivity contribution is 7.55. The Morgan fingerprint density at radius 1 is 1.16 bits per heavy atom. The smallest absolute Gasteiger partial charge is 0.413 e. The molecule has 20 nitrogen and oxygen atoms in total. The predicted molar refractivity (Wildman–Crippen MR) is 198 cm³/mol. The van der Waals surface area contributed by atoms with Crippen LogP contribution in [0.15, 0.2) is 6.20 Å². The van der Waals surface area contributed by atoms with E-state index in [0.29, 0.717) is 24.8 Å². The minimum atomic E-state index is -4.25. The molecule has 306 valence electrons. The van der Waals surface area contributed by atoms with Gasteiger partial charge in [-0.1, -0.05) is 19.6 Å². The third-order valence-corrected chi connectivity index (χ3v) is 14.1. The van der Waals surface area contributed by atoms with Crippen LogP contribution >= 0.6 is 19.2 Å². The first kappa shape index (κ1) is 41.9. The molecule has 1 aliphatic carbocycles. The normalized spacial score (nSPS) is 23.9. The number of hydrogen-bond donors (Lipinski definition) is 2. The number of fused-ring (bicyclic) bond motifs is 2. The van der Waals surface area contributed by atoms with Crippen LogP contribution in [0.4, 0.5) is 10.6 Å². The molecule has 2 aliphatic heterocycles. The number of rotatable bonds is 19. The summed E-state index contributed by atoms with van der Waals surface area (Å²) in [5.74, 6) is -0.823. The van der Waals surface area contributed by atoms with Gasteiger partial charge in [-0.05, 0) is 69.8 Å². The Bertz CT molecular complexity index is 1850. The summed E-state index contributed by atoms with van der Waals surface area (Å²) in [5.41, 5.74) is 0.222. The molecule has 2 saturated heterocycles. The van der Waals surface area contributed by atoms with Crippen LogP contribution in [0.5, 0.6) is 0 Å². The van der Waals surface area contributed by atoms with Gasteiger partial charge in [0.05, 0.1) is 44.4 Å². The molecule has 1 unspecified atom stereocenters. The van der Waals surface area contributed by atoms with Gasteiger partial charge in [0.15, 0.2) is 41.4 Å². The third kappa shape index (κ3) is 8.91. The fraction of sp³-hybridized carbons (Fsp3) is 0.781. The summed E-state index contributed by atoms with van der Waals surface area (Å²) in [4.78, 5) is 23.6. The number of anilines is 1. The second-order valence-corrected chi connectivity index (χ2v) is 23.6. The van der Waals surface area contributed by atoms with Gasteiger partial charge in [0.25, 0.3) is 0 Å². The quantitative estimate of drug-likeness (QED) is 0.0736. The molecule has 3 fully saturated rings. The summed E-state index contributed by atoms with van der Waals surface area (Å²) in [6.07, 6.45) is -1.07. The minimum Gasteiger partial charge on any atom is -0.465 e. The van der Waals surface area contributed by atoms with Crippen LogP contribution in [0, 0.1) is 0 Å². The number of amides is 1. The van der Waals surface area contributed by atoms with E-state index in [0.717, 1.165) is 12.5 Å². The van der Waals surface area contributed by atoms with Crippen molar-refractivity contribution in [3.63, 3.8) is 0 Å². The van der Waals surface area contributed by atoms with E-state index >= 15 is 0 Å². The van der Waals surface area contributed by atoms with E-state index in [1.54, 1.807) is 27.7 Å². The lowest BCUT2D eigenvalue weighted by Crippen LogP contribution is -2.44. The van der Waals surface area contributed by atoms with Crippen molar-refractivity contribution in [3.05, 3.63) is 17.3 Å². The Balaban J connectivity index is 1.28. The molecule has 3 aromatic rings. The SMILES string of the molecule is CCOP(=O)(OCC)C(CO)(Cc1nnn(COCC[Si](C)(C)C)n1)OC[C@H]1O[C@@H](n2ncc3c(N(C(=O)O)C4CCC4)nc(Cl)nc32)[C@@H]2OC(C)(C)O[C@@H]21. The van der Waals surface area contributed by atoms with Gasteiger partial charge in [0.1, 0.15) is 18.3 Å². The number of carbonyl (C=O) groups is 1. The molecule has 3 aliphatic rings. The largest absolute Gasteiger partial charge is 0.465 e. The van der Waals surface area contributed by atoms with Crippen LogP contribution in [0.2, 0.25) is 31.0 Å². The second kappa shape index (κ2) is 16.7. The first-order valence-corrected chi connectivity index (χ1v) is 24.1. The molecule has 0 bridgehead atoms. The van der Waals surface area contributed by atoms with Gasteiger partial charge in [-0.2, -0.15) is 15.1 Å². The Morgan fingerprint density at radius 3 is 2.49 bits per heavy atom. The van der Waals surface area contributed by atoms with E-state index in [1.165, 1.54) is 20.6 Å². The average molecular weight is 832 g/mol. The van der Waals surface area contributed by atoms with Crippen molar-refractivity contribution in [2.24, 2.45) is 0 Å². The summed E-state index contributed by atoms with van der Waals surface area (Å²) in [6, 6.07) is 0.711. The van der Waals surface area contributed by atoms with Crippen molar-refractivity contribution < 1.29 is 52.3 Å². The summed E-state index contributed by atoms with van der Waals surface area (Å²) in [7, 11) is -5.55. The number of halogens is 1. The zero-order chi connectivity index (χ0) is 39.8. The lowest BCUT2D eigenvalue weighted by molar-refractivity contribution is -0.207. The minimum absolute atomic E-state index is 0.00981. The fourth-order valence-electron chi connectivity index (χ4n) is 6.75. The van der Waals surface area contributed by atoms with Crippen molar-refractivity contribution in [2.45, 2.75) is 128 Å². The van der Waals surface area contributed by atoms with Crippen LogP contribution in [-0.4, -0.2) is 133 Å². The highest BCUT2D eigenvalue weighted by atomic mass is 35.5. The maximum absolute atomic E-state index is 14.5. The van der Waals surface area contributed by atoms with Gasteiger partial charge in [0.2, 0.25) is 5.28 Å². The molecule has 23 heteroatoms. The highest BCUT2D eigenvalue weighted by Gasteiger charge is 2.59. The van der Waals surface area contributed by atoms with Gasteiger partial charge in [-0.15, -0.1) is 15.0 Å². The molecule has 3 aromatic heterocycles. The number of aliphatic hydroxyl groups excluding tert-OH is 1. The molecule has 2 N–H and O–H groups in total. The summed E-state index contributed by atoms with van der Waals surface area (Å²) in [6.45, 7) is 13.1. The second-order valence-electron chi connectivity index (χ2n) is 15.4. The standard InChI is InChI=1S/C32H51ClN9O11PSi/c1-8-49-54(46,50-9-2)32(18-43,15-23-37-39-40(38-23)19-47-13-14-55(5,6)7)48-17-22-24-25(53-31(3,4)52-24)28(51-22)42-27-21(16-34-42)26(35-29(33)36-27)41(30(44)45)20-11-10-12-20/h16,20,22,24-25,28,43H,8-15,17-19H2,1-7H3,(H,44,45)/t22-,24-,25-,28-,32?/m1/s1. The summed E-state index contributed by atoms with van der Waals surface area (Å²) in [5, 5.41) is 36.5. The van der Waals surface area contributed by atoms with Gasteiger partial charge in [-0.25, -0.2) is 9.48 Å². The molecule has 1 saturated carbocycles. The summed E-state index contributed by atoms with van der Waals surface area (Å²) < 4.78 is 58.8. The maximum atomic E-state index is 14.5. The number of carboxylic acid groups (broad SMARTS) is 1. The number of ether oxygens (including phenoxy) is 5. The van der Waals surface area contributed by atoms with Gasteiger partial charge >= 0.3 is 13.7 Å². The number of aliphatic hydroxyl groups is 1. The Labute approximate surface area is 324 Å². The van der Waals surface area contributed by atoms with Crippen LogP contribution in [0.25, 0.3) is 11.0 Å². The van der Waals surface area contributed by atoms with Crippen molar-refractivity contribution in [1.82, 2.24) is 40.0 Å². The van der Waals surface area contributed by atoms with Crippen LogP contribution in [0.3, 0.4) is 0 Å². The number of aromatic nitrogens is 8. The number of hydrogen-bond acceptors (Lipinski definition) is 16. The molecule has 5 heterocycles. The van der Waals surface area contributed by atoms with Gasteiger partial charge in [-0.3, -0.25) is 9.46 Å². The Kier molecular flexibility index (Phi) is 12.7. The Morgan fingerprint density at radius 2 is 1.87 bits per heavy atom. The third-order valence-electron chi connectivity index (χ3n) is 9.64. The fourth-order valence-corrected chi connectivity index (χ4v) is 9.63. The van der Waals surface area contributed by atoms with E-state index in [-0.39, 0.29) is 61.6 Å². The van der Waals surface area contributed by atoms with Crippen molar-refractivity contribution >= 4 is 50.2 Å². The Hall–Kier alpha value is -2.69. The molecular weight excluding hydrogens is 781 g/mol. The molecule has 0 aromatic carbocycles. The first-order valence-electron chi connectivity index (χ1n) is 18.4. The molecular formula is C32H51ClN9O11PSi. The van der Waals surface area contributed by atoms with E-state index in [1.807, 2.05) is 0 Å². The van der Waals surface area contributed by atoms with E-state index in [2.05, 4.69) is 50.1 Å². The van der Waals surface area contributed by atoms with Gasteiger partial charge < -0.3 is 42.9 Å². The van der Waals surface area contributed by atoms with E-state index < -0.39 is 64.0 Å². The topological polar surface area (TPSA) is 230 Å². The molecule has 55 heavy (non-hydrogen) atoms. The molecule has 0 spiro atoms. The van der Waals surface area contributed by atoms with Crippen LogP contribution < -0.4 is 4.90 Å². The molecule has 5 atom stereocenters. The lowest BCUT2D eigenvalue weighted by Gasteiger charge is -2.37. The molecule has 6 rings (SSSR count). The zero-order valence-corrected chi connectivity index (χ0v) is 34.8. The number of nitrogens with zero attached hydrogens (tertiary/aromatic N) is 9. The van der Waals surface area contributed by atoms with Crippen LogP contribution in [0.1, 0.15) is 59.0 Å². The van der Waals surface area contributed by atoms with Crippen molar-refractivity contribution in [1.29, 1.82) is 0 Å². The average Bonchev–Trinajstić information content (AvgIpc) is 3.85. The molecule has 0 radical (unpaired) electrons. The zero-order valence-electron chi connectivity index (χ0n) is 32.2.